The molecule has 0 aliphatic carbocycles. The molecule has 2 N–H and O–H groups in total. The molecule has 1 amide bonds. The minimum absolute atomic E-state index is 0.124. The average molecular weight is 479 g/mol. The molecule has 0 bridgehead atoms. The van der Waals surface area contributed by atoms with E-state index >= 15 is 0 Å². The SMILES string of the molecule is O=C(C[C@H]1CC[C@@H]2[C@H](COC[C@H](O)CN2Cc2cc(F)cc(F)c2)O1)NCc1cccc(F)c1. The summed E-state index contributed by atoms with van der Waals surface area (Å²) in [7, 11) is 0. The van der Waals surface area contributed by atoms with Gasteiger partial charge in [0.25, 0.3) is 0 Å². The number of hydrogen-bond acceptors (Lipinski definition) is 5. The number of amides is 1. The topological polar surface area (TPSA) is 71.0 Å². The quantitative estimate of drug-likeness (QED) is 0.668. The second-order valence-electron chi connectivity index (χ2n) is 8.95. The number of nitrogens with one attached hydrogen (secondary N) is 1. The third-order valence-corrected chi connectivity index (χ3v) is 6.19. The first-order chi connectivity index (χ1) is 16.4. The molecule has 0 aromatic heterocycles. The third-order valence-electron chi connectivity index (χ3n) is 6.19. The molecule has 2 fully saturated rings. The highest BCUT2D eigenvalue weighted by Crippen LogP contribution is 2.29. The van der Waals surface area contributed by atoms with Crippen molar-refractivity contribution < 1.29 is 32.5 Å². The third kappa shape index (κ3) is 6.79. The summed E-state index contributed by atoms with van der Waals surface area (Å²) >= 11 is 0. The van der Waals surface area contributed by atoms with Crippen molar-refractivity contribution in [2.75, 3.05) is 19.8 Å². The summed E-state index contributed by atoms with van der Waals surface area (Å²) < 4.78 is 52.5. The van der Waals surface area contributed by atoms with E-state index in [2.05, 4.69) is 5.32 Å². The van der Waals surface area contributed by atoms with Crippen molar-refractivity contribution >= 4 is 5.91 Å². The first kappa shape index (κ1) is 24.7. The molecule has 4 atom stereocenters. The average Bonchev–Trinajstić information content (AvgIpc) is 2.76. The number of carbonyl (C=O) groups is 1. The predicted molar refractivity (Wildman–Crippen MR) is 118 cm³/mol. The largest absolute Gasteiger partial charge is 0.389 e. The van der Waals surface area contributed by atoms with E-state index in [1.807, 2.05) is 4.90 Å². The van der Waals surface area contributed by atoms with E-state index in [9.17, 15) is 23.1 Å². The maximum absolute atomic E-state index is 13.7. The van der Waals surface area contributed by atoms with E-state index in [4.69, 9.17) is 9.47 Å². The van der Waals surface area contributed by atoms with Gasteiger partial charge in [-0.2, -0.15) is 0 Å². The minimum Gasteiger partial charge on any atom is -0.389 e. The molecule has 2 aliphatic rings. The van der Waals surface area contributed by atoms with Crippen LogP contribution in [0.4, 0.5) is 13.2 Å². The molecule has 2 aromatic rings. The number of fused-ring (bicyclic) bond motifs is 1. The summed E-state index contributed by atoms with van der Waals surface area (Å²) in [6.45, 7) is 1.14. The van der Waals surface area contributed by atoms with E-state index in [0.717, 1.165) is 6.07 Å². The van der Waals surface area contributed by atoms with Crippen LogP contribution in [-0.4, -0.2) is 60.0 Å². The van der Waals surface area contributed by atoms with Crippen LogP contribution in [0.3, 0.4) is 0 Å². The van der Waals surface area contributed by atoms with Gasteiger partial charge in [0.15, 0.2) is 0 Å². The zero-order valence-corrected chi connectivity index (χ0v) is 18.8. The van der Waals surface area contributed by atoms with Crippen LogP contribution >= 0.6 is 0 Å². The van der Waals surface area contributed by atoms with E-state index in [-0.39, 0.29) is 69.2 Å². The van der Waals surface area contributed by atoms with Gasteiger partial charge < -0.3 is 19.9 Å². The zero-order valence-electron chi connectivity index (χ0n) is 18.8. The van der Waals surface area contributed by atoms with Gasteiger partial charge in [-0.25, -0.2) is 13.2 Å². The molecule has 2 aromatic carbocycles. The lowest BCUT2D eigenvalue weighted by Crippen LogP contribution is -2.55. The molecule has 184 valence electrons. The fourth-order valence-electron chi connectivity index (χ4n) is 4.69. The van der Waals surface area contributed by atoms with Gasteiger partial charge >= 0.3 is 0 Å². The van der Waals surface area contributed by atoms with Crippen molar-refractivity contribution in [1.29, 1.82) is 0 Å². The normalized spacial score (nSPS) is 25.8. The Hall–Kier alpha value is -2.46. The lowest BCUT2D eigenvalue weighted by molar-refractivity contribution is -0.158. The number of benzene rings is 2. The predicted octanol–water partition coefficient (Wildman–Crippen LogP) is 2.92. The molecule has 0 saturated carbocycles. The Bertz CT molecular complexity index is 972. The fourth-order valence-corrected chi connectivity index (χ4v) is 4.69. The number of β-amino-alcohol motifs (C(OH)–C–C–N with tert-alkyl or cyclic N) is 1. The molecular formula is C25H29F3N2O4. The highest BCUT2D eigenvalue weighted by molar-refractivity contribution is 5.76. The van der Waals surface area contributed by atoms with Gasteiger partial charge in [-0.15, -0.1) is 0 Å². The second kappa shape index (κ2) is 11.3. The summed E-state index contributed by atoms with van der Waals surface area (Å²) in [6.07, 6.45) is 0.0662. The number of aliphatic hydroxyl groups excluding tert-OH is 1. The summed E-state index contributed by atoms with van der Waals surface area (Å²) in [4.78, 5) is 14.4. The second-order valence-corrected chi connectivity index (χ2v) is 8.95. The van der Waals surface area contributed by atoms with Gasteiger partial charge in [-0.05, 0) is 48.2 Å². The van der Waals surface area contributed by atoms with Crippen LogP contribution in [0.1, 0.15) is 30.4 Å². The lowest BCUT2D eigenvalue weighted by atomic mass is 9.94. The van der Waals surface area contributed by atoms with Crippen molar-refractivity contribution in [3.63, 3.8) is 0 Å². The van der Waals surface area contributed by atoms with E-state index in [1.165, 1.54) is 24.3 Å². The van der Waals surface area contributed by atoms with Crippen LogP contribution in [0.2, 0.25) is 0 Å². The molecule has 2 heterocycles. The first-order valence-electron chi connectivity index (χ1n) is 11.5. The summed E-state index contributed by atoms with van der Waals surface area (Å²) in [5, 5.41) is 13.1. The number of aliphatic hydroxyl groups is 1. The van der Waals surface area contributed by atoms with Crippen molar-refractivity contribution in [3.05, 3.63) is 71.0 Å². The van der Waals surface area contributed by atoms with E-state index in [1.54, 1.807) is 12.1 Å². The molecule has 9 heteroatoms. The Kier molecular flexibility index (Phi) is 8.20. The van der Waals surface area contributed by atoms with Crippen LogP contribution in [0.15, 0.2) is 42.5 Å². The van der Waals surface area contributed by atoms with Gasteiger partial charge in [-0.1, -0.05) is 12.1 Å². The Balaban J connectivity index is 1.36. The molecule has 4 rings (SSSR count). The van der Waals surface area contributed by atoms with Crippen molar-refractivity contribution in [2.24, 2.45) is 0 Å². The maximum atomic E-state index is 13.7. The number of halogens is 3. The standard InChI is InChI=1S/C25H29F3N2O4/c26-18-3-1-2-16(6-18)11-29-25(32)10-22-4-5-23-24(34-22)15-33-14-21(31)13-30(23)12-17-7-19(27)9-20(28)8-17/h1-3,6-9,21-24,31H,4-5,10-15H2,(H,29,32)/t21-,22-,23-,24+/m1/s1. The molecule has 0 unspecified atom stereocenters. The minimum atomic E-state index is -0.731. The summed E-state index contributed by atoms with van der Waals surface area (Å²) in [5.41, 5.74) is 1.15. The van der Waals surface area contributed by atoms with Gasteiger partial charge in [-0.3, -0.25) is 9.69 Å². The van der Waals surface area contributed by atoms with E-state index in [0.29, 0.717) is 24.0 Å². The van der Waals surface area contributed by atoms with Crippen molar-refractivity contribution in [1.82, 2.24) is 10.2 Å². The Morgan fingerprint density at radius 2 is 1.79 bits per heavy atom. The van der Waals surface area contributed by atoms with Crippen LogP contribution in [0.25, 0.3) is 0 Å². The van der Waals surface area contributed by atoms with Gasteiger partial charge in [0.1, 0.15) is 17.5 Å². The molecule has 6 nitrogen and oxygen atoms in total. The smallest absolute Gasteiger partial charge is 0.222 e. The van der Waals surface area contributed by atoms with Crippen LogP contribution < -0.4 is 5.32 Å². The first-order valence-corrected chi connectivity index (χ1v) is 11.5. The molecular weight excluding hydrogens is 449 g/mol. The monoisotopic (exact) mass is 478 g/mol. The van der Waals surface area contributed by atoms with Crippen LogP contribution in [0.5, 0.6) is 0 Å². The summed E-state index contributed by atoms with van der Waals surface area (Å²) in [6, 6.07) is 9.33. The number of ether oxygens (including phenoxy) is 2. The number of nitrogens with zero attached hydrogens (tertiary/aromatic N) is 1. The maximum Gasteiger partial charge on any atom is 0.222 e. The number of carbonyl (C=O) groups excluding carboxylic acids is 1. The number of hydrogen-bond donors (Lipinski definition) is 2. The van der Waals surface area contributed by atoms with Crippen molar-refractivity contribution in [3.8, 4) is 0 Å². The van der Waals surface area contributed by atoms with Crippen LogP contribution in [0, 0.1) is 17.5 Å². The van der Waals surface area contributed by atoms with Gasteiger partial charge in [0, 0.05) is 31.7 Å². The van der Waals surface area contributed by atoms with Gasteiger partial charge in [0.2, 0.25) is 5.91 Å². The summed E-state index contributed by atoms with van der Waals surface area (Å²) in [5.74, 6) is -1.84. The Morgan fingerprint density at radius 1 is 1.03 bits per heavy atom. The van der Waals surface area contributed by atoms with Crippen LogP contribution in [-0.2, 0) is 27.4 Å². The van der Waals surface area contributed by atoms with Gasteiger partial charge in [0.05, 0.1) is 37.9 Å². The molecule has 2 aliphatic heterocycles. The van der Waals surface area contributed by atoms with Crippen molar-refractivity contribution in [2.45, 2.75) is 56.7 Å². The Morgan fingerprint density at radius 3 is 2.56 bits per heavy atom. The molecule has 0 radical (unpaired) electrons. The number of rotatable bonds is 6. The molecule has 34 heavy (non-hydrogen) atoms. The van der Waals surface area contributed by atoms with E-state index < -0.39 is 17.7 Å². The molecule has 0 spiro atoms. The fraction of sp³-hybridized carbons (Fsp3) is 0.480. The molecule has 2 saturated heterocycles. The lowest BCUT2D eigenvalue weighted by Gasteiger charge is -2.44. The highest BCUT2D eigenvalue weighted by atomic mass is 19.1. The zero-order chi connectivity index (χ0) is 24.1. The highest BCUT2D eigenvalue weighted by Gasteiger charge is 2.38. The Labute approximate surface area is 196 Å².